The molecule has 1 heterocycles. The van der Waals surface area contributed by atoms with Crippen LogP contribution >= 0.6 is 0 Å². The van der Waals surface area contributed by atoms with Crippen LogP contribution in [-0.4, -0.2) is 29.1 Å². The number of hydrogen-bond acceptors (Lipinski definition) is 5. The Kier molecular flexibility index (Phi) is 4.81. The van der Waals surface area contributed by atoms with Crippen molar-refractivity contribution in [3.63, 3.8) is 0 Å². The Balaban J connectivity index is 2.48. The number of rotatable bonds is 6. The van der Waals surface area contributed by atoms with Gasteiger partial charge in [-0.25, -0.2) is 0 Å². The van der Waals surface area contributed by atoms with Crippen LogP contribution in [0.15, 0.2) is 4.52 Å². The summed E-state index contributed by atoms with van der Waals surface area (Å²) in [5, 5.41) is 3.80. The first kappa shape index (κ1) is 13.8. The van der Waals surface area contributed by atoms with E-state index in [0.717, 1.165) is 0 Å². The molecule has 0 atom stereocenters. The van der Waals surface area contributed by atoms with Crippen molar-refractivity contribution in [2.24, 2.45) is 5.41 Å². The van der Waals surface area contributed by atoms with E-state index in [0.29, 0.717) is 31.3 Å². The lowest BCUT2D eigenvalue weighted by Crippen LogP contribution is -2.22. The third-order valence-electron chi connectivity index (χ3n) is 2.33. The van der Waals surface area contributed by atoms with Crippen LogP contribution in [0.4, 0.5) is 0 Å². The zero-order valence-corrected chi connectivity index (χ0v) is 10.9. The maximum atomic E-state index is 11.8. The molecule has 0 unspecified atom stereocenters. The molecular formula is C12H20N2O3. The lowest BCUT2D eigenvalue weighted by molar-refractivity contribution is -0.125. The Bertz CT molecular complexity index is 366. The molecule has 96 valence electrons. The van der Waals surface area contributed by atoms with Crippen molar-refractivity contribution in [1.82, 2.24) is 10.1 Å². The summed E-state index contributed by atoms with van der Waals surface area (Å²) in [5.41, 5.74) is -0.375. The molecule has 0 saturated heterocycles. The van der Waals surface area contributed by atoms with Gasteiger partial charge in [0, 0.05) is 18.4 Å². The fraction of sp³-hybridized carbons (Fsp3) is 0.750. The van der Waals surface area contributed by atoms with Gasteiger partial charge in [0.1, 0.15) is 5.78 Å². The minimum Gasteiger partial charge on any atom is -0.381 e. The van der Waals surface area contributed by atoms with Gasteiger partial charge in [-0.05, 0) is 6.92 Å². The summed E-state index contributed by atoms with van der Waals surface area (Å²) in [7, 11) is 0. The number of ketones is 1. The number of carbonyl (C=O) groups is 1. The first-order valence-electron chi connectivity index (χ1n) is 5.86. The number of nitrogens with zero attached hydrogens (tertiary/aromatic N) is 2. The highest BCUT2D eigenvalue weighted by atomic mass is 16.5. The lowest BCUT2D eigenvalue weighted by atomic mass is 9.89. The monoisotopic (exact) mass is 240 g/mol. The van der Waals surface area contributed by atoms with Crippen molar-refractivity contribution < 1.29 is 14.1 Å². The van der Waals surface area contributed by atoms with Crippen molar-refractivity contribution >= 4 is 5.78 Å². The molecular weight excluding hydrogens is 220 g/mol. The van der Waals surface area contributed by atoms with Crippen molar-refractivity contribution in [3.8, 4) is 0 Å². The van der Waals surface area contributed by atoms with Crippen LogP contribution in [0, 0.1) is 5.41 Å². The van der Waals surface area contributed by atoms with Crippen molar-refractivity contribution in [2.45, 2.75) is 40.5 Å². The van der Waals surface area contributed by atoms with Crippen LogP contribution in [0.3, 0.4) is 0 Å². The maximum absolute atomic E-state index is 11.8. The second-order valence-corrected chi connectivity index (χ2v) is 4.90. The summed E-state index contributed by atoms with van der Waals surface area (Å²) >= 11 is 0. The van der Waals surface area contributed by atoms with Crippen LogP contribution in [-0.2, 0) is 22.4 Å². The van der Waals surface area contributed by atoms with Gasteiger partial charge < -0.3 is 9.26 Å². The summed E-state index contributed by atoms with van der Waals surface area (Å²) in [5.74, 6) is 1.07. The predicted molar refractivity (Wildman–Crippen MR) is 62.7 cm³/mol. The van der Waals surface area contributed by atoms with E-state index in [9.17, 15) is 4.79 Å². The second kappa shape index (κ2) is 5.91. The van der Waals surface area contributed by atoms with Gasteiger partial charge in [0.05, 0.1) is 13.0 Å². The minimum absolute atomic E-state index is 0.0949. The molecule has 0 saturated carbocycles. The predicted octanol–water partition coefficient (Wildman–Crippen LogP) is 1.81. The van der Waals surface area contributed by atoms with Crippen LogP contribution in [0.5, 0.6) is 0 Å². The van der Waals surface area contributed by atoms with Gasteiger partial charge in [-0.15, -0.1) is 0 Å². The highest BCUT2D eigenvalue weighted by Gasteiger charge is 2.23. The number of aromatic nitrogens is 2. The van der Waals surface area contributed by atoms with E-state index >= 15 is 0 Å². The molecule has 5 nitrogen and oxygen atoms in total. The average molecular weight is 240 g/mol. The van der Waals surface area contributed by atoms with E-state index in [-0.39, 0.29) is 17.6 Å². The fourth-order valence-corrected chi connectivity index (χ4v) is 1.17. The number of ether oxygens (including phenoxy) is 1. The zero-order valence-electron chi connectivity index (χ0n) is 10.9. The van der Waals surface area contributed by atoms with E-state index < -0.39 is 0 Å². The Morgan fingerprint density at radius 1 is 1.41 bits per heavy atom. The summed E-state index contributed by atoms with van der Waals surface area (Å²) in [4.78, 5) is 15.9. The van der Waals surface area contributed by atoms with Crippen LogP contribution in [0.2, 0.25) is 0 Å². The summed E-state index contributed by atoms with van der Waals surface area (Å²) in [6.45, 7) is 8.81. The number of Topliss-reactive ketones (excluding diaryl/α,β-unsaturated/α-hetero) is 1. The Morgan fingerprint density at radius 3 is 2.71 bits per heavy atom. The van der Waals surface area contributed by atoms with Gasteiger partial charge >= 0.3 is 0 Å². The Hall–Kier alpha value is -1.23. The lowest BCUT2D eigenvalue weighted by Gasteiger charge is -2.14. The van der Waals surface area contributed by atoms with E-state index in [1.165, 1.54) is 0 Å². The summed E-state index contributed by atoms with van der Waals surface area (Å²) < 4.78 is 10.2. The molecule has 0 radical (unpaired) electrons. The Morgan fingerprint density at radius 2 is 2.12 bits per heavy atom. The molecule has 0 N–H and O–H groups in total. The Labute approximate surface area is 102 Å². The maximum Gasteiger partial charge on any atom is 0.234 e. The molecule has 0 fully saturated rings. The topological polar surface area (TPSA) is 65.2 Å². The standard InChI is InChI=1S/C12H20N2O3/c1-5-16-7-6-10-13-11(17-14-10)8-9(15)12(2,3)4/h5-8H2,1-4H3. The molecule has 0 aliphatic carbocycles. The number of carbonyl (C=O) groups excluding carboxylic acids is 1. The number of hydrogen-bond donors (Lipinski definition) is 0. The first-order valence-corrected chi connectivity index (χ1v) is 5.86. The van der Waals surface area contributed by atoms with Crippen molar-refractivity contribution in [3.05, 3.63) is 11.7 Å². The van der Waals surface area contributed by atoms with Gasteiger partial charge in [-0.1, -0.05) is 25.9 Å². The third kappa shape index (κ3) is 4.65. The van der Waals surface area contributed by atoms with Gasteiger partial charge in [0.2, 0.25) is 5.89 Å². The second-order valence-electron chi connectivity index (χ2n) is 4.90. The zero-order chi connectivity index (χ0) is 12.9. The van der Waals surface area contributed by atoms with Crippen LogP contribution in [0.25, 0.3) is 0 Å². The van der Waals surface area contributed by atoms with Gasteiger partial charge in [-0.2, -0.15) is 4.98 Å². The highest BCUT2D eigenvalue weighted by molar-refractivity contribution is 5.84. The third-order valence-corrected chi connectivity index (χ3v) is 2.33. The smallest absolute Gasteiger partial charge is 0.234 e. The molecule has 0 bridgehead atoms. The molecule has 1 aromatic rings. The van der Waals surface area contributed by atoms with E-state index in [4.69, 9.17) is 9.26 Å². The molecule has 17 heavy (non-hydrogen) atoms. The molecule has 0 aliphatic heterocycles. The molecule has 0 spiro atoms. The van der Waals surface area contributed by atoms with E-state index in [1.807, 2.05) is 27.7 Å². The summed E-state index contributed by atoms with van der Waals surface area (Å²) in [6, 6.07) is 0. The molecule has 1 aromatic heterocycles. The molecule has 1 rings (SSSR count). The fourth-order valence-electron chi connectivity index (χ4n) is 1.17. The van der Waals surface area contributed by atoms with E-state index in [1.54, 1.807) is 0 Å². The minimum atomic E-state index is -0.375. The summed E-state index contributed by atoms with van der Waals surface area (Å²) in [6.07, 6.45) is 0.812. The van der Waals surface area contributed by atoms with Gasteiger partial charge in [0.15, 0.2) is 5.82 Å². The van der Waals surface area contributed by atoms with Crippen LogP contribution in [0.1, 0.15) is 39.4 Å². The van der Waals surface area contributed by atoms with Crippen LogP contribution < -0.4 is 0 Å². The van der Waals surface area contributed by atoms with Gasteiger partial charge in [-0.3, -0.25) is 4.79 Å². The highest BCUT2D eigenvalue weighted by Crippen LogP contribution is 2.17. The largest absolute Gasteiger partial charge is 0.381 e. The van der Waals surface area contributed by atoms with E-state index in [2.05, 4.69) is 10.1 Å². The quantitative estimate of drug-likeness (QED) is 0.709. The first-order chi connectivity index (χ1) is 7.93. The molecule has 0 aromatic carbocycles. The molecule has 5 heteroatoms. The molecule has 0 amide bonds. The SMILES string of the molecule is CCOCCc1noc(CC(=O)C(C)(C)C)n1. The van der Waals surface area contributed by atoms with Gasteiger partial charge in [0.25, 0.3) is 0 Å². The average Bonchev–Trinajstić information content (AvgIpc) is 2.65. The molecule has 0 aliphatic rings. The normalized spacial score (nSPS) is 11.8. The van der Waals surface area contributed by atoms with Crippen molar-refractivity contribution in [2.75, 3.05) is 13.2 Å². The van der Waals surface area contributed by atoms with Crippen molar-refractivity contribution in [1.29, 1.82) is 0 Å².